The lowest BCUT2D eigenvalue weighted by Crippen LogP contribution is -2.27. The highest BCUT2D eigenvalue weighted by Gasteiger charge is 2.41. The minimum Gasteiger partial charge on any atom is -0.0654 e. The van der Waals surface area contributed by atoms with Crippen LogP contribution in [0.1, 0.15) is 117 Å². The van der Waals surface area contributed by atoms with Gasteiger partial charge in [-0.3, -0.25) is 0 Å². The van der Waals surface area contributed by atoms with Gasteiger partial charge in [-0.25, -0.2) is 0 Å². The molecule has 2 aromatic carbocycles. The fourth-order valence-corrected chi connectivity index (χ4v) is 9.80. The Labute approximate surface area is 207 Å². The number of benzene rings is 2. The van der Waals surface area contributed by atoms with Gasteiger partial charge in [0.1, 0.15) is 0 Å². The van der Waals surface area contributed by atoms with Gasteiger partial charge in [-0.05, 0) is 49.9 Å². The third-order valence-corrected chi connectivity index (χ3v) is 12.0. The highest BCUT2D eigenvalue weighted by molar-refractivity contribution is 7.89. The smallest absolute Gasteiger partial charge is 0.0654 e. The first-order valence-electron chi connectivity index (χ1n) is 14.3. The summed E-state index contributed by atoms with van der Waals surface area (Å²) in [7, 11) is -1.33. The first-order valence-corrected chi connectivity index (χ1v) is 16.5. The largest absolute Gasteiger partial charge is 0.0991 e. The topological polar surface area (TPSA) is 0 Å². The summed E-state index contributed by atoms with van der Waals surface area (Å²) in [5.41, 5.74) is 0. The first kappa shape index (κ1) is 28.1. The highest BCUT2D eigenvalue weighted by atomic mass is 31.2. The Morgan fingerprint density at radius 1 is 0.394 bits per heavy atom. The SMILES string of the molecule is CCCCCCCCCC[P+](CCCCCCCCCC)(c1ccccc1)c1ccccc1. The number of hydrogen-bond donors (Lipinski definition) is 0. The molecule has 0 radical (unpaired) electrons. The van der Waals surface area contributed by atoms with E-state index in [1.807, 2.05) is 0 Å². The van der Waals surface area contributed by atoms with Crippen molar-refractivity contribution in [3.05, 3.63) is 60.7 Å². The summed E-state index contributed by atoms with van der Waals surface area (Å²) in [5, 5.41) is 3.28. The maximum Gasteiger partial charge on any atom is 0.0991 e. The molecule has 0 nitrogen and oxygen atoms in total. The van der Waals surface area contributed by atoms with E-state index in [1.54, 1.807) is 10.6 Å². The lowest BCUT2D eigenvalue weighted by Gasteiger charge is -2.28. The summed E-state index contributed by atoms with van der Waals surface area (Å²) in [4.78, 5) is 0. The lowest BCUT2D eigenvalue weighted by atomic mass is 10.1. The molecule has 0 N–H and O–H groups in total. The van der Waals surface area contributed by atoms with Crippen molar-refractivity contribution in [3.63, 3.8) is 0 Å². The van der Waals surface area contributed by atoms with Crippen LogP contribution >= 0.6 is 7.26 Å². The Bertz CT molecular complexity index is 617. The summed E-state index contributed by atoms with van der Waals surface area (Å²) in [5.74, 6) is 0. The average molecular weight is 468 g/mol. The lowest BCUT2D eigenvalue weighted by molar-refractivity contribution is 0.583. The van der Waals surface area contributed by atoms with Gasteiger partial charge in [-0.1, -0.05) is 127 Å². The minimum absolute atomic E-state index is 1.33. The molecule has 0 heterocycles. The first-order chi connectivity index (χ1) is 16.3. The van der Waals surface area contributed by atoms with Crippen LogP contribution in [0.5, 0.6) is 0 Å². The van der Waals surface area contributed by atoms with Crippen LogP contribution < -0.4 is 10.6 Å². The summed E-state index contributed by atoms with van der Waals surface area (Å²) in [6.45, 7) is 4.62. The molecule has 0 fully saturated rings. The van der Waals surface area contributed by atoms with Crippen molar-refractivity contribution in [2.45, 2.75) is 117 Å². The van der Waals surface area contributed by atoms with Gasteiger partial charge in [0.15, 0.2) is 0 Å². The van der Waals surface area contributed by atoms with E-state index in [2.05, 4.69) is 74.5 Å². The van der Waals surface area contributed by atoms with Crippen LogP contribution in [0.3, 0.4) is 0 Å². The molecule has 0 bridgehead atoms. The van der Waals surface area contributed by atoms with Crippen LogP contribution in [0, 0.1) is 0 Å². The Balaban J connectivity index is 1.99. The molecule has 0 aliphatic heterocycles. The van der Waals surface area contributed by atoms with Crippen molar-refractivity contribution >= 4 is 17.9 Å². The van der Waals surface area contributed by atoms with E-state index in [0.717, 1.165) is 0 Å². The molecule has 0 amide bonds. The van der Waals surface area contributed by atoms with E-state index in [1.165, 1.54) is 115 Å². The monoisotopic (exact) mass is 467 g/mol. The molecule has 0 saturated carbocycles. The molecule has 2 aromatic rings. The van der Waals surface area contributed by atoms with E-state index in [4.69, 9.17) is 0 Å². The third-order valence-electron chi connectivity index (χ3n) is 7.29. The average Bonchev–Trinajstić information content (AvgIpc) is 2.87. The second-order valence-electron chi connectivity index (χ2n) is 10.0. The normalized spacial score (nSPS) is 11.7. The molecule has 1 heteroatoms. The van der Waals surface area contributed by atoms with Crippen LogP contribution in [0.2, 0.25) is 0 Å². The van der Waals surface area contributed by atoms with Gasteiger partial charge >= 0.3 is 0 Å². The Morgan fingerprint density at radius 3 is 1.03 bits per heavy atom. The van der Waals surface area contributed by atoms with E-state index >= 15 is 0 Å². The molecule has 2 rings (SSSR count). The molecule has 33 heavy (non-hydrogen) atoms. The van der Waals surface area contributed by atoms with E-state index in [-0.39, 0.29) is 0 Å². The van der Waals surface area contributed by atoms with Crippen LogP contribution in [-0.2, 0) is 0 Å². The molecular formula is C32H52P+. The number of hydrogen-bond acceptors (Lipinski definition) is 0. The quantitative estimate of drug-likeness (QED) is 0.134. The van der Waals surface area contributed by atoms with Gasteiger partial charge < -0.3 is 0 Å². The van der Waals surface area contributed by atoms with Crippen LogP contribution in [-0.4, -0.2) is 12.3 Å². The summed E-state index contributed by atoms with van der Waals surface area (Å²) in [6.07, 6.45) is 25.3. The maximum atomic E-state index is 2.44. The van der Waals surface area contributed by atoms with Crippen LogP contribution in [0.15, 0.2) is 60.7 Å². The highest BCUT2D eigenvalue weighted by Crippen LogP contribution is 2.57. The standard InChI is InChI=1S/C32H52P/c1-3-5-7-9-11-13-15-23-29-33(31-25-19-17-20-26-31,32-27-21-18-22-28-32)30-24-16-14-12-10-8-6-4-2/h17-22,25-28H,3-16,23-24,29-30H2,1-2H3/q+1. The van der Waals surface area contributed by atoms with Crippen molar-refractivity contribution in [3.8, 4) is 0 Å². The summed E-state index contributed by atoms with van der Waals surface area (Å²) < 4.78 is 0. The minimum atomic E-state index is -1.33. The molecule has 0 saturated heterocycles. The van der Waals surface area contributed by atoms with Crippen LogP contribution in [0.25, 0.3) is 0 Å². The van der Waals surface area contributed by atoms with Crippen molar-refractivity contribution in [2.75, 3.05) is 12.3 Å². The number of unbranched alkanes of at least 4 members (excludes halogenated alkanes) is 14. The van der Waals surface area contributed by atoms with E-state index in [9.17, 15) is 0 Å². The van der Waals surface area contributed by atoms with Gasteiger partial charge in [0.2, 0.25) is 0 Å². The maximum absolute atomic E-state index is 2.44. The van der Waals surface area contributed by atoms with E-state index < -0.39 is 7.26 Å². The van der Waals surface area contributed by atoms with Crippen molar-refractivity contribution < 1.29 is 0 Å². The fraction of sp³-hybridized carbons (Fsp3) is 0.625. The summed E-state index contributed by atoms with van der Waals surface area (Å²) in [6, 6.07) is 23.2. The van der Waals surface area contributed by atoms with Gasteiger partial charge in [0, 0.05) is 0 Å². The predicted molar refractivity (Wildman–Crippen MR) is 154 cm³/mol. The van der Waals surface area contributed by atoms with Gasteiger partial charge in [-0.15, -0.1) is 0 Å². The van der Waals surface area contributed by atoms with Gasteiger partial charge in [-0.2, -0.15) is 0 Å². The Morgan fingerprint density at radius 2 is 0.697 bits per heavy atom. The molecule has 0 aliphatic rings. The second-order valence-corrected chi connectivity index (χ2v) is 13.9. The van der Waals surface area contributed by atoms with E-state index in [0.29, 0.717) is 0 Å². The fourth-order valence-electron chi connectivity index (χ4n) is 5.24. The van der Waals surface area contributed by atoms with Crippen LogP contribution in [0.4, 0.5) is 0 Å². The molecule has 0 aliphatic carbocycles. The predicted octanol–water partition coefficient (Wildman–Crippen LogP) is 9.94. The molecule has 184 valence electrons. The molecule has 0 atom stereocenters. The summed E-state index contributed by atoms with van der Waals surface area (Å²) >= 11 is 0. The Kier molecular flexibility index (Phi) is 15.5. The zero-order valence-corrected chi connectivity index (χ0v) is 22.8. The second kappa shape index (κ2) is 18.2. The van der Waals surface area contributed by atoms with Gasteiger partial charge in [0.05, 0.1) is 30.2 Å². The molecule has 0 aromatic heterocycles. The number of rotatable bonds is 20. The molecule has 0 spiro atoms. The van der Waals surface area contributed by atoms with Crippen molar-refractivity contribution in [2.24, 2.45) is 0 Å². The third kappa shape index (κ3) is 10.8. The Hall–Kier alpha value is -1.13. The van der Waals surface area contributed by atoms with Crippen molar-refractivity contribution in [1.82, 2.24) is 0 Å². The zero-order chi connectivity index (χ0) is 23.5. The molecule has 0 unspecified atom stereocenters. The molecular weight excluding hydrogens is 415 g/mol. The van der Waals surface area contributed by atoms with Gasteiger partial charge in [0.25, 0.3) is 0 Å². The van der Waals surface area contributed by atoms with Crippen molar-refractivity contribution in [1.29, 1.82) is 0 Å². The zero-order valence-electron chi connectivity index (χ0n) is 21.9.